The van der Waals surface area contributed by atoms with Crippen LogP contribution in [0.15, 0.2) is 18.5 Å². The fourth-order valence-corrected chi connectivity index (χ4v) is 2.50. The number of nitrogens with one attached hydrogen (secondary N) is 1. The number of aromatic nitrogens is 1. The molecule has 0 spiro atoms. The highest BCUT2D eigenvalue weighted by atomic mass is 15.2. The van der Waals surface area contributed by atoms with Crippen LogP contribution in [0.25, 0.3) is 0 Å². The van der Waals surface area contributed by atoms with Crippen LogP contribution in [0, 0.1) is 12.3 Å². The average Bonchev–Trinajstić information content (AvgIpc) is 2.28. The molecule has 1 aromatic heterocycles. The van der Waals surface area contributed by atoms with Crippen molar-refractivity contribution in [3.05, 3.63) is 24.0 Å². The van der Waals surface area contributed by atoms with Crippen LogP contribution in [-0.4, -0.2) is 30.2 Å². The van der Waals surface area contributed by atoms with Crippen LogP contribution in [0.5, 0.6) is 0 Å². The first-order valence-corrected chi connectivity index (χ1v) is 6.79. The molecule has 1 N–H and O–H groups in total. The van der Waals surface area contributed by atoms with Gasteiger partial charge >= 0.3 is 0 Å². The quantitative estimate of drug-likeness (QED) is 0.827. The van der Waals surface area contributed by atoms with Crippen molar-refractivity contribution in [2.45, 2.75) is 46.7 Å². The zero-order valence-corrected chi connectivity index (χ0v) is 12.2. The van der Waals surface area contributed by atoms with E-state index in [1.807, 2.05) is 12.4 Å². The van der Waals surface area contributed by atoms with Gasteiger partial charge in [-0.2, -0.15) is 0 Å². The third kappa shape index (κ3) is 2.83. The first kappa shape index (κ1) is 13.3. The number of pyridine rings is 1. The Morgan fingerprint density at radius 2 is 2.06 bits per heavy atom. The van der Waals surface area contributed by atoms with Gasteiger partial charge in [0.1, 0.15) is 0 Å². The van der Waals surface area contributed by atoms with E-state index in [1.165, 1.54) is 11.3 Å². The lowest BCUT2D eigenvalue weighted by Gasteiger charge is -2.45. The first-order valence-electron chi connectivity index (χ1n) is 6.79. The molecule has 1 aliphatic rings. The number of hydrogen-bond acceptors (Lipinski definition) is 3. The van der Waals surface area contributed by atoms with Crippen molar-refractivity contribution in [3.63, 3.8) is 0 Å². The minimum atomic E-state index is 0.287. The Balaban J connectivity index is 2.20. The Kier molecular flexibility index (Phi) is 3.62. The van der Waals surface area contributed by atoms with Crippen molar-refractivity contribution < 1.29 is 0 Å². The van der Waals surface area contributed by atoms with Crippen LogP contribution in [0.4, 0.5) is 5.69 Å². The van der Waals surface area contributed by atoms with Gasteiger partial charge in [-0.3, -0.25) is 4.98 Å². The van der Waals surface area contributed by atoms with Gasteiger partial charge in [0.25, 0.3) is 0 Å². The highest BCUT2D eigenvalue weighted by Crippen LogP contribution is 2.27. The largest absolute Gasteiger partial charge is 0.365 e. The molecule has 100 valence electrons. The van der Waals surface area contributed by atoms with Gasteiger partial charge in [0, 0.05) is 31.4 Å². The van der Waals surface area contributed by atoms with E-state index < -0.39 is 0 Å². The van der Waals surface area contributed by atoms with E-state index >= 15 is 0 Å². The number of rotatable bonds is 1. The molecule has 18 heavy (non-hydrogen) atoms. The fraction of sp³-hybridized carbons (Fsp3) is 0.667. The molecule has 0 aliphatic carbocycles. The van der Waals surface area contributed by atoms with Crippen molar-refractivity contribution in [2.75, 3.05) is 18.0 Å². The number of hydrogen-bond donors (Lipinski definition) is 1. The highest BCUT2D eigenvalue weighted by molar-refractivity contribution is 5.47. The molecule has 0 aromatic carbocycles. The van der Waals surface area contributed by atoms with Gasteiger partial charge in [-0.05, 0) is 30.9 Å². The van der Waals surface area contributed by atoms with Crippen LogP contribution in [0.1, 0.15) is 33.3 Å². The molecular formula is C15H25N3. The highest BCUT2D eigenvalue weighted by Gasteiger charge is 2.32. The standard InChI is InChI=1S/C15H25N3/c1-11-6-13(9-16-7-11)18-10-14(15(3,4)5)17-8-12(18)2/h6-7,9,12,14,17H,8,10H2,1-5H3. The molecule has 1 saturated heterocycles. The monoisotopic (exact) mass is 247 g/mol. The maximum Gasteiger partial charge on any atom is 0.0558 e. The van der Waals surface area contributed by atoms with Crippen molar-refractivity contribution in [3.8, 4) is 0 Å². The molecule has 3 nitrogen and oxygen atoms in total. The van der Waals surface area contributed by atoms with Gasteiger partial charge in [0.15, 0.2) is 0 Å². The van der Waals surface area contributed by atoms with Crippen molar-refractivity contribution >= 4 is 5.69 Å². The predicted molar refractivity (Wildman–Crippen MR) is 77.0 cm³/mol. The van der Waals surface area contributed by atoms with Crippen LogP contribution in [0.2, 0.25) is 0 Å². The van der Waals surface area contributed by atoms with E-state index in [4.69, 9.17) is 0 Å². The second-order valence-electron chi connectivity index (χ2n) is 6.55. The van der Waals surface area contributed by atoms with Crippen LogP contribution in [0.3, 0.4) is 0 Å². The van der Waals surface area contributed by atoms with E-state index in [0.29, 0.717) is 12.1 Å². The first-order chi connectivity index (χ1) is 8.38. The summed E-state index contributed by atoms with van der Waals surface area (Å²) >= 11 is 0. The van der Waals surface area contributed by atoms with Crippen molar-refractivity contribution in [2.24, 2.45) is 5.41 Å². The van der Waals surface area contributed by atoms with Crippen LogP contribution in [-0.2, 0) is 0 Å². The zero-order valence-electron chi connectivity index (χ0n) is 12.2. The Hall–Kier alpha value is -1.09. The van der Waals surface area contributed by atoms with E-state index in [-0.39, 0.29) is 5.41 Å². The molecule has 2 rings (SSSR count). The van der Waals surface area contributed by atoms with Crippen molar-refractivity contribution in [1.82, 2.24) is 10.3 Å². The fourth-order valence-electron chi connectivity index (χ4n) is 2.50. The van der Waals surface area contributed by atoms with Gasteiger partial charge in [-0.1, -0.05) is 20.8 Å². The summed E-state index contributed by atoms with van der Waals surface area (Å²) in [6, 6.07) is 3.27. The zero-order chi connectivity index (χ0) is 13.3. The average molecular weight is 247 g/mol. The second-order valence-corrected chi connectivity index (χ2v) is 6.55. The Morgan fingerprint density at radius 3 is 2.67 bits per heavy atom. The summed E-state index contributed by atoms with van der Waals surface area (Å²) in [4.78, 5) is 6.80. The summed E-state index contributed by atoms with van der Waals surface area (Å²) in [6.07, 6.45) is 3.89. The summed E-state index contributed by atoms with van der Waals surface area (Å²) in [5.41, 5.74) is 2.76. The molecule has 3 heteroatoms. The molecular weight excluding hydrogens is 222 g/mol. The molecule has 2 heterocycles. The lowest BCUT2D eigenvalue weighted by Crippen LogP contribution is -2.59. The topological polar surface area (TPSA) is 28.2 Å². The van der Waals surface area contributed by atoms with Crippen LogP contribution < -0.4 is 10.2 Å². The Labute approximate surface area is 111 Å². The number of nitrogens with zero attached hydrogens (tertiary/aromatic N) is 2. The molecule has 1 aromatic rings. The van der Waals surface area contributed by atoms with Gasteiger partial charge in [-0.25, -0.2) is 0 Å². The lowest BCUT2D eigenvalue weighted by atomic mass is 9.84. The number of piperazine rings is 1. The summed E-state index contributed by atoms with van der Waals surface area (Å²) < 4.78 is 0. The normalized spacial score (nSPS) is 25.3. The maximum absolute atomic E-state index is 4.32. The van der Waals surface area contributed by atoms with Gasteiger partial charge in [0.2, 0.25) is 0 Å². The molecule has 2 unspecified atom stereocenters. The third-order valence-electron chi connectivity index (χ3n) is 3.81. The molecule has 0 radical (unpaired) electrons. The predicted octanol–water partition coefficient (Wildman–Crippen LogP) is 2.60. The molecule has 2 atom stereocenters. The van der Waals surface area contributed by atoms with Crippen LogP contribution >= 0.6 is 0 Å². The molecule has 1 aliphatic heterocycles. The smallest absolute Gasteiger partial charge is 0.0558 e. The minimum Gasteiger partial charge on any atom is -0.365 e. The molecule has 0 saturated carbocycles. The molecule has 1 fully saturated rings. The lowest BCUT2D eigenvalue weighted by molar-refractivity contribution is 0.239. The third-order valence-corrected chi connectivity index (χ3v) is 3.81. The minimum absolute atomic E-state index is 0.287. The Morgan fingerprint density at radius 1 is 1.33 bits per heavy atom. The molecule has 0 amide bonds. The van der Waals surface area contributed by atoms with E-state index in [1.54, 1.807) is 0 Å². The SMILES string of the molecule is Cc1cncc(N2CC(C(C)(C)C)NCC2C)c1. The van der Waals surface area contributed by atoms with E-state index in [2.05, 4.69) is 55.9 Å². The van der Waals surface area contributed by atoms with E-state index in [0.717, 1.165) is 13.1 Å². The Bertz CT molecular complexity index is 408. The second kappa shape index (κ2) is 4.88. The van der Waals surface area contributed by atoms with Crippen molar-refractivity contribution in [1.29, 1.82) is 0 Å². The number of aryl methyl sites for hydroxylation is 1. The summed E-state index contributed by atoms with van der Waals surface area (Å²) in [5.74, 6) is 0. The summed E-state index contributed by atoms with van der Waals surface area (Å²) in [5, 5.41) is 3.66. The number of anilines is 1. The van der Waals surface area contributed by atoms with Gasteiger partial charge in [0.05, 0.1) is 11.9 Å². The summed E-state index contributed by atoms with van der Waals surface area (Å²) in [6.45, 7) is 13.4. The maximum atomic E-state index is 4.32. The van der Waals surface area contributed by atoms with Gasteiger partial charge in [-0.15, -0.1) is 0 Å². The van der Waals surface area contributed by atoms with E-state index in [9.17, 15) is 0 Å². The van der Waals surface area contributed by atoms with Gasteiger partial charge < -0.3 is 10.2 Å². The summed E-state index contributed by atoms with van der Waals surface area (Å²) in [7, 11) is 0. The molecule has 0 bridgehead atoms.